The molecule has 2 aliphatic heterocycles. The number of halogens is 1. The van der Waals surface area contributed by atoms with Gasteiger partial charge >= 0.3 is 0 Å². The molecule has 35 heavy (non-hydrogen) atoms. The monoisotopic (exact) mass is 514 g/mol. The van der Waals surface area contributed by atoms with Crippen molar-refractivity contribution in [2.75, 3.05) is 26.2 Å². The van der Waals surface area contributed by atoms with E-state index >= 15 is 0 Å². The number of carbonyl (C=O) groups excluding carboxylic acids is 3. The van der Waals surface area contributed by atoms with Crippen molar-refractivity contribution >= 4 is 46.5 Å². The van der Waals surface area contributed by atoms with Gasteiger partial charge in [0.25, 0.3) is 11.1 Å². The summed E-state index contributed by atoms with van der Waals surface area (Å²) in [5.41, 5.74) is 1.54. The van der Waals surface area contributed by atoms with Crippen molar-refractivity contribution in [3.8, 4) is 11.5 Å². The molecule has 0 atom stereocenters. The smallest absolute Gasteiger partial charge is 0.294 e. The van der Waals surface area contributed by atoms with Crippen molar-refractivity contribution < 1.29 is 23.9 Å². The van der Waals surface area contributed by atoms with Crippen LogP contribution in [0.25, 0.3) is 6.08 Å². The van der Waals surface area contributed by atoms with Gasteiger partial charge in [0.2, 0.25) is 5.91 Å². The van der Waals surface area contributed by atoms with Gasteiger partial charge in [0.15, 0.2) is 11.5 Å². The van der Waals surface area contributed by atoms with E-state index in [2.05, 4.69) is 0 Å². The lowest BCUT2D eigenvalue weighted by Gasteiger charge is -2.27. The van der Waals surface area contributed by atoms with E-state index < -0.39 is 11.1 Å². The van der Waals surface area contributed by atoms with Gasteiger partial charge in [-0.3, -0.25) is 19.3 Å². The van der Waals surface area contributed by atoms with Crippen molar-refractivity contribution in [2.45, 2.75) is 32.8 Å². The number of thioether (sulfide) groups is 1. The Kier molecular flexibility index (Phi) is 8.36. The molecule has 4 rings (SSSR count). The average molecular weight is 515 g/mol. The van der Waals surface area contributed by atoms with Gasteiger partial charge in [0.05, 0.1) is 11.5 Å². The summed E-state index contributed by atoms with van der Waals surface area (Å²) in [5, 5.41) is 0.188. The van der Waals surface area contributed by atoms with Gasteiger partial charge in [-0.25, -0.2) is 0 Å². The Morgan fingerprint density at radius 1 is 1.06 bits per heavy atom. The van der Waals surface area contributed by atoms with Crippen LogP contribution in [0.5, 0.6) is 11.5 Å². The molecule has 0 N–H and O–H groups in total. The molecule has 2 aliphatic rings. The topological polar surface area (TPSA) is 76.2 Å². The highest BCUT2D eigenvalue weighted by Gasteiger charge is 2.37. The van der Waals surface area contributed by atoms with Crippen LogP contribution in [0.4, 0.5) is 4.79 Å². The highest BCUT2D eigenvalue weighted by atomic mass is 35.5. The first-order valence-corrected chi connectivity index (χ1v) is 12.8. The molecule has 0 radical (unpaired) electrons. The van der Waals surface area contributed by atoms with Crippen LogP contribution in [0.1, 0.15) is 37.3 Å². The van der Waals surface area contributed by atoms with Crippen LogP contribution in [-0.4, -0.2) is 53.1 Å². The zero-order chi connectivity index (χ0) is 24.8. The summed E-state index contributed by atoms with van der Waals surface area (Å²) in [6, 6.07) is 12.8. The van der Waals surface area contributed by atoms with Gasteiger partial charge in [-0.05, 0) is 67.8 Å². The third-order valence-electron chi connectivity index (χ3n) is 5.78. The molecular weight excluding hydrogens is 488 g/mol. The first kappa shape index (κ1) is 25.1. The molecule has 2 fully saturated rings. The lowest BCUT2D eigenvalue weighted by Crippen LogP contribution is -2.44. The fourth-order valence-electron chi connectivity index (χ4n) is 3.94. The Morgan fingerprint density at radius 3 is 2.57 bits per heavy atom. The van der Waals surface area contributed by atoms with Crippen molar-refractivity contribution in [3.63, 3.8) is 0 Å². The molecule has 0 bridgehead atoms. The molecule has 2 saturated heterocycles. The minimum absolute atomic E-state index is 0.188. The van der Waals surface area contributed by atoms with Crippen LogP contribution < -0.4 is 9.47 Å². The van der Waals surface area contributed by atoms with Gasteiger partial charge in [-0.1, -0.05) is 35.9 Å². The molecular formula is C26H27ClN2O5S. The maximum Gasteiger partial charge on any atom is 0.294 e. The van der Waals surface area contributed by atoms with Gasteiger partial charge in [-0.2, -0.15) is 0 Å². The normalized spacial score (nSPS) is 17.3. The maximum absolute atomic E-state index is 12.9. The first-order valence-electron chi connectivity index (χ1n) is 11.6. The number of piperidine rings is 1. The average Bonchev–Trinajstić information content (AvgIpc) is 3.12. The van der Waals surface area contributed by atoms with E-state index in [0.717, 1.165) is 41.5 Å². The molecule has 2 aromatic carbocycles. The van der Waals surface area contributed by atoms with Crippen molar-refractivity contribution in [1.82, 2.24) is 9.80 Å². The van der Waals surface area contributed by atoms with Crippen molar-refractivity contribution in [3.05, 3.63) is 63.5 Å². The lowest BCUT2D eigenvalue weighted by molar-refractivity contribution is -0.136. The van der Waals surface area contributed by atoms with Gasteiger partial charge < -0.3 is 14.4 Å². The molecule has 0 aliphatic carbocycles. The molecule has 0 saturated carbocycles. The number of carbonyl (C=O) groups is 3. The standard InChI is InChI=1S/C26H27ClN2O5S/c1-2-33-22-14-18(10-11-21(22)34-17-19-8-4-5-9-20(19)27)15-23-25(31)29(26(32)35-23)16-24(30)28-12-6-3-7-13-28/h4-5,8-11,14-15H,2-3,6-7,12-13,16-17H2,1H3/b23-15-. The molecule has 0 unspecified atom stereocenters. The van der Waals surface area contributed by atoms with Gasteiger partial charge in [0.1, 0.15) is 13.2 Å². The van der Waals surface area contributed by atoms with E-state index in [1.807, 2.05) is 25.1 Å². The van der Waals surface area contributed by atoms with Crippen LogP contribution in [0, 0.1) is 0 Å². The maximum atomic E-state index is 12.9. The molecule has 2 aromatic rings. The second kappa shape index (κ2) is 11.6. The summed E-state index contributed by atoms with van der Waals surface area (Å²) in [7, 11) is 0. The Morgan fingerprint density at radius 2 is 1.83 bits per heavy atom. The SMILES string of the molecule is CCOc1cc(/C=C2\SC(=O)N(CC(=O)N3CCCCC3)C2=O)ccc1OCc1ccccc1Cl. The number of likely N-dealkylation sites (tertiary alicyclic amines) is 1. The third-order valence-corrected chi connectivity index (χ3v) is 7.06. The summed E-state index contributed by atoms with van der Waals surface area (Å²) in [4.78, 5) is 40.9. The number of rotatable bonds is 8. The van der Waals surface area contributed by atoms with Gasteiger partial charge in [-0.15, -0.1) is 0 Å². The molecule has 9 heteroatoms. The highest BCUT2D eigenvalue weighted by molar-refractivity contribution is 8.18. The number of hydrogen-bond donors (Lipinski definition) is 0. The molecule has 0 aromatic heterocycles. The number of imide groups is 1. The van der Waals surface area contributed by atoms with Crippen LogP contribution in [0.3, 0.4) is 0 Å². The number of amides is 3. The number of nitrogens with zero attached hydrogens (tertiary/aromatic N) is 2. The fraction of sp³-hybridized carbons (Fsp3) is 0.346. The van der Waals surface area contributed by atoms with Crippen LogP contribution >= 0.6 is 23.4 Å². The highest BCUT2D eigenvalue weighted by Crippen LogP contribution is 2.35. The van der Waals surface area contributed by atoms with Crippen molar-refractivity contribution in [1.29, 1.82) is 0 Å². The summed E-state index contributed by atoms with van der Waals surface area (Å²) < 4.78 is 11.7. The number of hydrogen-bond acceptors (Lipinski definition) is 6. The van der Waals surface area contributed by atoms with E-state index in [1.165, 1.54) is 0 Å². The van der Waals surface area contributed by atoms with E-state index in [1.54, 1.807) is 35.2 Å². The molecule has 3 amide bonds. The van der Waals surface area contributed by atoms with Crippen LogP contribution in [-0.2, 0) is 16.2 Å². The predicted octanol–water partition coefficient (Wildman–Crippen LogP) is 5.37. The summed E-state index contributed by atoms with van der Waals surface area (Å²) in [6.07, 6.45) is 4.64. The Balaban J connectivity index is 1.46. The second-order valence-electron chi connectivity index (χ2n) is 8.23. The van der Waals surface area contributed by atoms with E-state index in [0.29, 0.717) is 41.8 Å². The predicted molar refractivity (Wildman–Crippen MR) is 137 cm³/mol. The van der Waals surface area contributed by atoms with Crippen LogP contribution in [0.15, 0.2) is 47.4 Å². The Hall–Kier alpha value is -2.97. The zero-order valence-corrected chi connectivity index (χ0v) is 21.1. The third kappa shape index (κ3) is 6.18. The second-order valence-corrected chi connectivity index (χ2v) is 9.63. The summed E-state index contributed by atoms with van der Waals surface area (Å²) in [5.74, 6) is 0.422. The number of ether oxygens (including phenoxy) is 2. The van der Waals surface area contributed by atoms with E-state index in [-0.39, 0.29) is 24.0 Å². The molecule has 0 spiro atoms. The minimum Gasteiger partial charge on any atom is -0.490 e. The summed E-state index contributed by atoms with van der Waals surface area (Å²) >= 11 is 7.05. The molecule has 2 heterocycles. The molecule has 184 valence electrons. The zero-order valence-electron chi connectivity index (χ0n) is 19.5. The van der Waals surface area contributed by atoms with E-state index in [4.69, 9.17) is 21.1 Å². The minimum atomic E-state index is -0.456. The largest absolute Gasteiger partial charge is 0.490 e. The quantitative estimate of drug-likeness (QED) is 0.441. The van der Waals surface area contributed by atoms with Crippen LogP contribution in [0.2, 0.25) is 5.02 Å². The Bertz CT molecular complexity index is 1150. The fourth-order valence-corrected chi connectivity index (χ4v) is 4.97. The first-order chi connectivity index (χ1) is 17.0. The number of benzene rings is 2. The van der Waals surface area contributed by atoms with E-state index in [9.17, 15) is 14.4 Å². The Labute approximate surface area is 214 Å². The lowest BCUT2D eigenvalue weighted by atomic mass is 10.1. The van der Waals surface area contributed by atoms with Crippen molar-refractivity contribution in [2.24, 2.45) is 0 Å². The summed E-state index contributed by atoms with van der Waals surface area (Å²) in [6.45, 7) is 3.71. The molecule has 7 nitrogen and oxygen atoms in total. The van der Waals surface area contributed by atoms with Gasteiger partial charge in [0, 0.05) is 23.7 Å².